The standard InChI is InChI=1S/C8H16O/c1-8(2)5-3-4-7(8)6-9/h7,9H,3-6H2,1-2H3/t7-/m1/s1. The largest absolute Gasteiger partial charge is 0.396 e. The molecular weight excluding hydrogens is 112 g/mol. The van der Waals surface area contributed by atoms with Gasteiger partial charge in [0.2, 0.25) is 0 Å². The van der Waals surface area contributed by atoms with Crippen LogP contribution in [0, 0.1) is 11.3 Å². The van der Waals surface area contributed by atoms with E-state index in [-0.39, 0.29) is 0 Å². The Morgan fingerprint density at radius 2 is 2.22 bits per heavy atom. The first-order chi connectivity index (χ1) is 4.17. The van der Waals surface area contributed by atoms with Gasteiger partial charge in [-0.3, -0.25) is 0 Å². The van der Waals surface area contributed by atoms with Crippen LogP contribution in [-0.2, 0) is 0 Å². The highest BCUT2D eigenvalue weighted by Gasteiger charge is 2.33. The van der Waals surface area contributed by atoms with Gasteiger partial charge in [-0.05, 0) is 24.2 Å². The summed E-state index contributed by atoms with van der Waals surface area (Å²) in [5.41, 5.74) is 0.411. The van der Waals surface area contributed by atoms with Crippen molar-refractivity contribution < 1.29 is 5.11 Å². The smallest absolute Gasteiger partial charge is 0.0464 e. The van der Waals surface area contributed by atoms with Crippen molar-refractivity contribution in [1.29, 1.82) is 0 Å². The van der Waals surface area contributed by atoms with Crippen LogP contribution in [0.3, 0.4) is 0 Å². The fourth-order valence-electron chi connectivity index (χ4n) is 1.74. The van der Waals surface area contributed by atoms with Gasteiger partial charge in [-0.25, -0.2) is 0 Å². The summed E-state index contributed by atoms with van der Waals surface area (Å²) < 4.78 is 0. The maximum absolute atomic E-state index is 8.90. The predicted molar refractivity (Wildman–Crippen MR) is 38.2 cm³/mol. The normalized spacial score (nSPS) is 33.0. The second kappa shape index (κ2) is 2.30. The molecule has 9 heavy (non-hydrogen) atoms. The van der Waals surface area contributed by atoms with Gasteiger partial charge in [0.15, 0.2) is 0 Å². The summed E-state index contributed by atoms with van der Waals surface area (Å²) >= 11 is 0. The van der Waals surface area contributed by atoms with E-state index in [2.05, 4.69) is 13.8 Å². The van der Waals surface area contributed by atoms with Crippen molar-refractivity contribution in [2.75, 3.05) is 6.61 Å². The van der Waals surface area contributed by atoms with Crippen LogP contribution in [0.5, 0.6) is 0 Å². The van der Waals surface area contributed by atoms with Gasteiger partial charge in [0.1, 0.15) is 0 Å². The molecule has 0 amide bonds. The third kappa shape index (κ3) is 1.26. The second-order valence-corrected chi connectivity index (χ2v) is 3.76. The molecule has 1 heteroatoms. The Labute approximate surface area is 57.1 Å². The summed E-state index contributed by atoms with van der Waals surface area (Å²) in [5.74, 6) is 0.567. The van der Waals surface area contributed by atoms with Crippen LogP contribution in [-0.4, -0.2) is 11.7 Å². The molecule has 1 aliphatic rings. The fraction of sp³-hybridized carbons (Fsp3) is 1.00. The monoisotopic (exact) mass is 128 g/mol. The molecule has 0 aromatic carbocycles. The van der Waals surface area contributed by atoms with Crippen molar-refractivity contribution in [3.63, 3.8) is 0 Å². The van der Waals surface area contributed by atoms with Gasteiger partial charge in [-0.1, -0.05) is 20.3 Å². The van der Waals surface area contributed by atoms with Crippen LogP contribution < -0.4 is 0 Å². The SMILES string of the molecule is CC1(C)CCC[C@@H]1CO. The molecule has 0 heterocycles. The Morgan fingerprint density at radius 3 is 2.44 bits per heavy atom. The quantitative estimate of drug-likeness (QED) is 0.571. The van der Waals surface area contributed by atoms with Gasteiger partial charge in [-0.2, -0.15) is 0 Å². The van der Waals surface area contributed by atoms with Crippen LogP contribution >= 0.6 is 0 Å². The summed E-state index contributed by atoms with van der Waals surface area (Å²) in [5, 5.41) is 8.90. The average molecular weight is 128 g/mol. The van der Waals surface area contributed by atoms with Gasteiger partial charge >= 0.3 is 0 Å². The molecule has 54 valence electrons. The van der Waals surface area contributed by atoms with Gasteiger partial charge in [0.05, 0.1) is 0 Å². The highest BCUT2D eigenvalue weighted by molar-refractivity contribution is 4.83. The maximum Gasteiger partial charge on any atom is 0.0464 e. The van der Waals surface area contributed by atoms with Crippen molar-refractivity contribution in [1.82, 2.24) is 0 Å². The van der Waals surface area contributed by atoms with E-state index in [1.165, 1.54) is 19.3 Å². The summed E-state index contributed by atoms with van der Waals surface area (Å²) in [7, 11) is 0. The van der Waals surface area contributed by atoms with Crippen molar-refractivity contribution in [2.24, 2.45) is 11.3 Å². The first-order valence-corrected chi connectivity index (χ1v) is 3.77. The van der Waals surface area contributed by atoms with Gasteiger partial charge in [0, 0.05) is 6.61 Å². The van der Waals surface area contributed by atoms with E-state index < -0.39 is 0 Å². The molecule has 0 radical (unpaired) electrons. The van der Waals surface area contributed by atoms with Crippen LogP contribution in [0.4, 0.5) is 0 Å². The minimum absolute atomic E-state index is 0.382. The van der Waals surface area contributed by atoms with Crippen molar-refractivity contribution in [3.05, 3.63) is 0 Å². The molecule has 0 unspecified atom stereocenters. The third-order valence-corrected chi connectivity index (χ3v) is 2.70. The lowest BCUT2D eigenvalue weighted by atomic mass is 9.82. The predicted octanol–water partition coefficient (Wildman–Crippen LogP) is 1.81. The van der Waals surface area contributed by atoms with Crippen LogP contribution in [0.2, 0.25) is 0 Å². The molecule has 1 saturated carbocycles. The first kappa shape index (κ1) is 7.07. The fourth-order valence-corrected chi connectivity index (χ4v) is 1.74. The number of rotatable bonds is 1. The zero-order valence-electron chi connectivity index (χ0n) is 6.35. The first-order valence-electron chi connectivity index (χ1n) is 3.77. The molecule has 0 aromatic heterocycles. The van der Waals surface area contributed by atoms with E-state index in [0.29, 0.717) is 17.9 Å². The molecular formula is C8H16O. The number of hydrogen-bond acceptors (Lipinski definition) is 1. The van der Waals surface area contributed by atoms with Gasteiger partial charge < -0.3 is 5.11 Å². The molecule has 1 aliphatic carbocycles. The lowest BCUT2D eigenvalue weighted by Crippen LogP contribution is -2.20. The van der Waals surface area contributed by atoms with Crippen LogP contribution in [0.1, 0.15) is 33.1 Å². The molecule has 0 bridgehead atoms. The summed E-state index contributed by atoms with van der Waals surface area (Å²) in [4.78, 5) is 0. The number of hydrogen-bond donors (Lipinski definition) is 1. The molecule has 1 atom stereocenters. The average Bonchev–Trinajstić information content (AvgIpc) is 2.08. The van der Waals surface area contributed by atoms with E-state index in [1.807, 2.05) is 0 Å². The molecule has 1 fully saturated rings. The lowest BCUT2D eigenvalue weighted by molar-refractivity contribution is 0.146. The zero-order chi connectivity index (χ0) is 6.91. The van der Waals surface area contributed by atoms with Crippen LogP contribution in [0.15, 0.2) is 0 Å². The second-order valence-electron chi connectivity index (χ2n) is 3.76. The topological polar surface area (TPSA) is 20.2 Å². The lowest BCUT2D eigenvalue weighted by Gasteiger charge is -2.24. The summed E-state index contributed by atoms with van der Waals surface area (Å²) in [6.07, 6.45) is 3.82. The molecule has 0 saturated heterocycles. The Balaban J connectivity index is 2.52. The van der Waals surface area contributed by atoms with Crippen LogP contribution in [0.25, 0.3) is 0 Å². The van der Waals surface area contributed by atoms with Crippen molar-refractivity contribution >= 4 is 0 Å². The number of aliphatic hydroxyl groups is 1. The van der Waals surface area contributed by atoms with E-state index in [1.54, 1.807) is 0 Å². The van der Waals surface area contributed by atoms with E-state index in [9.17, 15) is 0 Å². The molecule has 0 aliphatic heterocycles. The van der Waals surface area contributed by atoms with Crippen molar-refractivity contribution in [3.8, 4) is 0 Å². The highest BCUT2D eigenvalue weighted by Crippen LogP contribution is 2.41. The van der Waals surface area contributed by atoms with Crippen molar-refractivity contribution in [2.45, 2.75) is 33.1 Å². The Hall–Kier alpha value is -0.0400. The molecule has 0 spiro atoms. The number of aliphatic hydroxyl groups excluding tert-OH is 1. The summed E-state index contributed by atoms with van der Waals surface area (Å²) in [6.45, 7) is 4.88. The maximum atomic E-state index is 8.90. The Bertz CT molecular complexity index is 96.7. The van der Waals surface area contributed by atoms with E-state index in [4.69, 9.17) is 5.11 Å². The Morgan fingerprint density at radius 1 is 1.56 bits per heavy atom. The summed E-state index contributed by atoms with van der Waals surface area (Å²) in [6, 6.07) is 0. The molecule has 1 nitrogen and oxygen atoms in total. The third-order valence-electron chi connectivity index (χ3n) is 2.70. The highest BCUT2D eigenvalue weighted by atomic mass is 16.3. The zero-order valence-corrected chi connectivity index (χ0v) is 6.35. The minimum atomic E-state index is 0.382. The molecule has 1 N–H and O–H groups in total. The Kier molecular flexibility index (Phi) is 1.80. The molecule has 0 aromatic rings. The molecule has 1 rings (SSSR count). The van der Waals surface area contributed by atoms with E-state index >= 15 is 0 Å². The van der Waals surface area contributed by atoms with E-state index in [0.717, 1.165) is 0 Å². The minimum Gasteiger partial charge on any atom is -0.396 e. The van der Waals surface area contributed by atoms with Gasteiger partial charge in [0.25, 0.3) is 0 Å². The van der Waals surface area contributed by atoms with Gasteiger partial charge in [-0.15, -0.1) is 0 Å².